The van der Waals surface area contributed by atoms with E-state index in [0.29, 0.717) is 11.9 Å². The third-order valence-corrected chi connectivity index (χ3v) is 3.62. The van der Waals surface area contributed by atoms with Crippen LogP contribution >= 0.6 is 23.2 Å². The van der Waals surface area contributed by atoms with E-state index in [-0.39, 0.29) is 0 Å². The van der Waals surface area contributed by atoms with Gasteiger partial charge in [-0.25, -0.2) is 0 Å². The molecule has 0 unspecified atom stereocenters. The van der Waals surface area contributed by atoms with Crippen LogP contribution in [0.25, 0.3) is 0 Å². The van der Waals surface area contributed by atoms with Crippen molar-refractivity contribution in [1.82, 2.24) is 9.78 Å². The lowest BCUT2D eigenvalue weighted by atomic mass is 10.2. The predicted octanol–water partition coefficient (Wildman–Crippen LogP) is 3.70. The Kier molecular flexibility index (Phi) is 3.03. The second-order valence-electron chi connectivity index (χ2n) is 3.87. The Balaban J connectivity index is 2.33. The third kappa shape index (κ3) is 1.66. The summed E-state index contributed by atoms with van der Waals surface area (Å²) in [6, 6.07) is 0.498. The molecule has 78 valence electrons. The molecule has 1 aliphatic rings. The monoisotopic (exact) mass is 232 g/mol. The van der Waals surface area contributed by atoms with Crippen LogP contribution in [-0.2, 0) is 5.88 Å². The summed E-state index contributed by atoms with van der Waals surface area (Å²) in [6.45, 7) is 1.97. The quantitative estimate of drug-likeness (QED) is 0.712. The number of halogens is 2. The van der Waals surface area contributed by atoms with Crippen LogP contribution in [0.15, 0.2) is 0 Å². The molecule has 1 heterocycles. The van der Waals surface area contributed by atoms with Crippen molar-refractivity contribution < 1.29 is 0 Å². The molecule has 1 saturated carbocycles. The van der Waals surface area contributed by atoms with E-state index in [1.165, 1.54) is 25.7 Å². The first kappa shape index (κ1) is 10.3. The summed E-state index contributed by atoms with van der Waals surface area (Å²) in [6.07, 6.45) is 4.97. The molecule has 1 aromatic heterocycles. The Morgan fingerprint density at radius 3 is 2.57 bits per heavy atom. The highest BCUT2D eigenvalue weighted by Crippen LogP contribution is 2.33. The van der Waals surface area contributed by atoms with E-state index in [2.05, 4.69) is 5.10 Å². The van der Waals surface area contributed by atoms with E-state index >= 15 is 0 Å². The van der Waals surface area contributed by atoms with Gasteiger partial charge in [0.15, 0.2) is 0 Å². The van der Waals surface area contributed by atoms with Gasteiger partial charge in [-0.15, -0.1) is 11.6 Å². The molecular formula is C10H14Cl2N2. The lowest BCUT2D eigenvalue weighted by Crippen LogP contribution is -2.06. The molecule has 0 aromatic carbocycles. The molecule has 4 heteroatoms. The maximum Gasteiger partial charge on any atom is 0.132 e. The van der Waals surface area contributed by atoms with Crippen LogP contribution in [0.1, 0.15) is 43.0 Å². The molecule has 0 bridgehead atoms. The Hall–Kier alpha value is -0.210. The molecule has 0 aliphatic heterocycles. The maximum absolute atomic E-state index is 6.23. The molecule has 0 atom stereocenters. The van der Waals surface area contributed by atoms with Gasteiger partial charge in [0, 0.05) is 5.56 Å². The predicted molar refractivity (Wildman–Crippen MR) is 59.0 cm³/mol. The zero-order chi connectivity index (χ0) is 10.1. The van der Waals surface area contributed by atoms with Crippen molar-refractivity contribution in [3.05, 3.63) is 16.4 Å². The minimum atomic E-state index is 0.456. The number of aryl methyl sites for hydroxylation is 1. The summed E-state index contributed by atoms with van der Waals surface area (Å²) in [5.41, 5.74) is 1.96. The van der Waals surface area contributed by atoms with Gasteiger partial charge < -0.3 is 0 Å². The van der Waals surface area contributed by atoms with Crippen LogP contribution in [0.4, 0.5) is 0 Å². The molecule has 1 aliphatic carbocycles. The molecule has 14 heavy (non-hydrogen) atoms. The van der Waals surface area contributed by atoms with E-state index in [0.717, 1.165) is 16.4 Å². The summed E-state index contributed by atoms with van der Waals surface area (Å²) >= 11 is 12.0. The van der Waals surface area contributed by atoms with Crippen molar-refractivity contribution in [3.8, 4) is 0 Å². The zero-order valence-corrected chi connectivity index (χ0v) is 9.78. The number of hydrogen-bond donors (Lipinski definition) is 0. The molecule has 2 nitrogen and oxygen atoms in total. The molecule has 0 spiro atoms. The average Bonchev–Trinajstić information content (AvgIpc) is 2.74. The number of rotatable bonds is 2. The van der Waals surface area contributed by atoms with E-state index in [4.69, 9.17) is 23.2 Å². The molecule has 0 saturated heterocycles. The van der Waals surface area contributed by atoms with Crippen LogP contribution in [0.2, 0.25) is 5.15 Å². The number of alkyl halides is 1. The number of hydrogen-bond acceptors (Lipinski definition) is 1. The van der Waals surface area contributed by atoms with Gasteiger partial charge in [-0.3, -0.25) is 4.68 Å². The summed E-state index contributed by atoms with van der Waals surface area (Å²) in [7, 11) is 0. The molecule has 1 fully saturated rings. The molecule has 2 rings (SSSR count). The molecule has 0 N–H and O–H groups in total. The highest BCUT2D eigenvalue weighted by atomic mass is 35.5. The SMILES string of the molecule is Cc1nn(C2CCCC2)c(Cl)c1CCl. The Labute approximate surface area is 94.2 Å². The van der Waals surface area contributed by atoms with Crippen LogP contribution in [0, 0.1) is 6.92 Å². The van der Waals surface area contributed by atoms with Crippen molar-refractivity contribution in [2.75, 3.05) is 0 Å². The Morgan fingerprint density at radius 1 is 1.43 bits per heavy atom. The molecule has 0 amide bonds. The van der Waals surface area contributed by atoms with Crippen LogP contribution < -0.4 is 0 Å². The van der Waals surface area contributed by atoms with Gasteiger partial charge in [-0.05, 0) is 19.8 Å². The van der Waals surface area contributed by atoms with Gasteiger partial charge in [-0.2, -0.15) is 5.10 Å². The zero-order valence-electron chi connectivity index (χ0n) is 8.26. The summed E-state index contributed by atoms with van der Waals surface area (Å²) in [4.78, 5) is 0. The van der Waals surface area contributed by atoms with Gasteiger partial charge in [0.1, 0.15) is 5.15 Å². The minimum absolute atomic E-state index is 0.456. The van der Waals surface area contributed by atoms with E-state index in [1.54, 1.807) is 0 Å². The lowest BCUT2D eigenvalue weighted by molar-refractivity contribution is 0.465. The first-order valence-electron chi connectivity index (χ1n) is 5.03. The fourth-order valence-corrected chi connectivity index (χ4v) is 2.86. The third-order valence-electron chi connectivity index (χ3n) is 2.95. The highest BCUT2D eigenvalue weighted by molar-refractivity contribution is 6.31. The van der Waals surface area contributed by atoms with Gasteiger partial charge in [0.25, 0.3) is 0 Å². The molecule has 0 radical (unpaired) electrons. The lowest BCUT2D eigenvalue weighted by Gasteiger charge is -2.10. The van der Waals surface area contributed by atoms with Crippen molar-refractivity contribution in [2.45, 2.75) is 44.5 Å². The van der Waals surface area contributed by atoms with Crippen LogP contribution in [0.3, 0.4) is 0 Å². The van der Waals surface area contributed by atoms with E-state index in [9.17, 15) is 0 Å². The first-order chi connectivity index (χ1) is 6.74. The molecule has 1 aromatic rings. The van der Waals surface area contributed by atoms with E-state index < -0.39 is 0 Å². The fourth-order valence-electron chi connectivity index (χ4n) is 2.10. The maximum atomic E-state index is 6.23. The number of nitrogens with zero attached hydrogens (tertiary/aromatic N) is 2. The minimum Gasteiger partial charge on any atom is -0.250 e. The summed E-state index contributed by atoms with van der Waals surface area (Å²) in [5.74, 6) is 0.456. The van der Waals surface area contributed by atoms with E-state index in [1.807, 2.05) is 11.6 Å². The van der Waals surface area contributed by atoms with Crippen molar-refractivity contribution in [2.24, 2.45) is 0 Å². The normalized spacial score (nSPS) is 17.9. The average molecular weight is 233 g/mol. The first-order valence-corrected chi connectivity index (χ1v) is 5.94. The Bertz CT molecular complexity index is 327. The van der Waals surface area contributed by atoms with Gasteiger partial charge in [0.05, 0.1) is 17.6 Å². The second kappa shape index (κ2) is 4.11. The van der Waals surface area contributed by atoms with Gasteiger partial charge in [0.2, 0.25) is 0 Å². The fraction of sp³-hybridized carbons (Fsp3) is 0.700. The van der Waals surface area contributed by atoms with Crippen molar-refractivity contribution in [1.29, 1.82) is 0 Å². The summed E-state index contributed by atoms with van der Waals surface area (Å²) < 4.78 is 1.96. The van der Waals surface area contributed by atoms with Crippen LogP contribution in [0.5, 0.6) is 0 Å². The smallest absolute Gasteiger partial charge is 0.132 e. The summed E-state index contributed by atoms with van der Waals surface area (Å²) in [5, 5.41) is 5.20. The molecular weight excluding hydrogens is 219 g/mol. The number of aromatic nitrogens is 2. The highest BCUT2D eigenvalue weighted by Gasteiger charge is 2.22. The van der Waals surface area contributed by atoms with Crippen molar-refractivity contribution >= 4 is 23.2 Å². The Morgan fingerprint density at radius 2 is 2.07 bits per heavy atom. The van der Waals surface area contributed by atoms with Crippen molar-refractivity contribution in [3.63, 3.8) is 0 Å². The second-order valence-corrected chi connectivity index (χ2v) is 4.50. The van der Waals surface area contributed by atoms with Gasteiger partial charge in [-0.1, -0.05) is 24.4 Å². The van der Waals surface area contributed by atoms with Crippen LogP contribution in [-0.4, -0.2) is 9.78 Å². The standard InChI is InChI=1S/C10H14Cl2N2/c1-7-9(6-11)10(12)14(13-7)8-4-2-3-5-8/h8H,2-6H2,1H3. The topological polar surface area (TPSA) is 17.8 Å². The largest absolute Gasteiger partial charge is 0.250 e. The van der Waals surface area contributed by atoms with Gasteiger partial charge >= 0.3 is 0 Å².